The highest BCUT2D eigenvalue weighted by Crippen LogP contribution is 2.34. The van der Waals surface area contributed by atoms with Gasteiger partial charge in [-0.05, 0) is 50.6 Å². The number of rotatable bonds is 10. The molecule has 0 radical (unpaired) electrons. The lowest BCUT2D eigenvalue weighted by Crippen LogP contribution is -2.51. The van der Waals surface area contributed by atoms with Gasteiger partial charge in [-0.2, -0.15) is 0 Å². The molecule has 0 saturated carbocycles. The smallest absolute Gasteiger partial charge is 0.202 e. The quantitative estimate of drug-likeness (QED) is 0.553. The molecule has 1 unspecified atom stereocenters. The van der Waals surface area contributed by atoms with E-state index in [1.165, 1.54) is 5.57 Å². The van der Waals surface area contributed by atoms with Gasteiger partial charge < -0.3 is 29.7 Å². The fourth-order valence-corrected chi connectivity index (χ4v) is 3.55. The normalized spacial score (nSPS) is 25.4. The van der Waals surface area contributed by atoms with Gasteiger partial charge in [-0.1, -0.05) is 38.5 Å². The molecule has 0 amide bonds. The van der Waals surface area contributed by atoms with Crippen molar-refractivity contribution in [3.8, 4) is 5.75 Å². The molecular weight excluding hydrogens is 370 g/mol. The van der Waals surface area contributed by atoms with Gasteiger partial charge in [0.05, 0.1) is 12.7 Å². The Morgan fingerprint density at radius 3 is 2.72 bits per heavy atom. The number of hydrogen-bond acceptors (Lipinski definition) is 6. The SMILES string of the molecule is CCC/C=C(/CCN(C)CC)c1c(C)cccc1OC1C[C@@H](O)[C@H](O)[C@@H](CO)O1. The third-order valence-electron chi connectivity index (χ3n) is 5.51. The van der Waals surface area contributed by atoms with E-state index in [0.717, 1.165) is 43.5 Å². The molecule has 1 heterocycles. The van der Waals surface area contributed by atoms with Crippen molar-refractivity contribution in [3.63, 3.8) is 0 Å². The second-order valence-electron chi connectivity index (χ2n) is 7.81. The van der Waals surface area contributed by atoms with Crippen LogP contribution in [-0.2, 0) is 4.74 Å². The maximum Gasteiger partial charge on any atom is 0.202 e. The van der Waals surface area contributed by atoms with E-state index >= 15 is 0 Å². The van der Waals surface area contributed by atoms with Crippen LogP contribution in [0, 0.1) is 6.92 Å². The summed E-state index contributed by atoms with van der Waals surface area (Å²) in [5.41, 5.74) is 3.43. The molecule has 3 N–H and O–H groups in total. The Labute approximate surface area is 174 Å². The lowest BCUT2D eigenvalue weighted by molar-refractivity contribution is -0.230. The topological polar surface area (TPSA) is 82.4 Å². The van der Waals surface area contributed by atoms with Crippen molar-refractivity contribution < 1.29 is 24.8 Å². The van der Waals surface area contributed by atoms with Gasteiger partial charge in [0, 0.05) is 18.5 Å². The summed E-state index contributed by atoms with van der Waals surface area (Å²) >= 11 is 0. The fraction of sp³-hybridized carbons (Fsp3) is 0.652. The number of allylic oxidation sites excluding steroid dienone is 1. The highest BCUT2D eigenvalue weighted by Gasteiger charge is 2.37. The van der Waals surface area contributed by atoms with Crippen LogP contribution in [0.2, 0.25) is 0 Å². The van der Waals surface area contributed by atoms with Crippen LogP contribution in [0.1, 0.15) is 50.7 Å². The zero-order valence-corrected chi connectivity index (χ0v) is 18.2. The molecule has 0 spiro atoms. The van der Waals surface area contributed by atoms with Crippen molar-refractivity contribution in [3.05, 3.63) is 35.4 Å². The highest BCUT2D eigenvalue weighted by molar-refractivity contribution is 5.73. The van der Waals surface area contributed by atoms with Gasteiger partial charge in [-0.25, -0.2) is 0 Å². The summed E-state index contributed by atoms with van der Waals surface area (Å²) in [7, 11) is 2.12. The summed E-state index contributed by atoms with van der Waals surface area (Å²) in [6.07, 6.45) is 1.74. The van der Waals surface area contributed by atoms with E-state index in [0.29, 0.717) is 5.75 Å². The minimum absolute atomic E-state index is 0.150. The van der Waals surface area contributed by atoms with Crippen molar-refractivity contribution in [1.29, 1.82) is 0 Å². The van der Waals surface area contributed by atoms with Crippen LogP contribution in [0.15, 0.2) is 24.3 Å². The van der Waals surface area contributed by atoms with Gasteiger partial charge in [0.1, 0.15) is 18.0 Å². The summed E-state index contributed by atoms with van der Waals surface area (Å²) < 4.78 is 11.8. The number of aliphatic hydroxyl groups is 3. The molecule has 1 aliphatic rings. The van der Waals surface area contributed by atoms with E-state index in [2.05, 4.69) is 44.9 Å². The zero-order chi connectivity index (χ0) is 21.4. The van der Waals surface area contributed by atoms with Crippen molar-refractivity contribution in [1.82, 2.24) is 4.90 Å². The Kier molecular flexibility index (Phi) is 9.59. The second-order valence-corrected chi connectivity index (χ2v) is 7.81. The van der Waals surface area contributed by atoms with Crippen molar-refractivity contribution in [2.24, 2.45) is 0 Å². The molecule has 0 aromatic heterocycles. The molecule has 1 saturated heterocycles. The van der Waals surface area contributed by atoms with Crippen LogP contribution < -0.4 is 4.74 Å². The third-order valence-corrected chi connectivity index (χ3v) is 5.51. The number of ether oxygens (including phenoxy) is 2. The van der Waals surface area contributed by atoms with Crippen LogP contribution in [0.4, 0.5) is 0 Å². The molecule has 6 nitrogen and oxygen atoms in total. The van der Waals surface area contributed by atoms with E-state index in [-0.39, 0.29) is 13.0 Å². The van der Waals surface area contributed by atoms with E-state index in [1.54, 1.807) is 0 Å². The number of aliphatic hydroxyl groups excluding tert-OH is 3. The minimum Gasteiger partial charge on any atom is -0.464 e. The van der Waals surface area contributed by atoms with E-state index in [9.17, 15) is 15.3 Å². The molecule has 1 aromatic rings. The molecule has 6 heteroatoms. The van der Waals surface area contributed by atoms with Crippen LogP contribution in [0.5, 0.6) is 5.75 Å². The van der Waals surface area contributed by atoms with Crippen molar-refractivity contribution >= 4 is 5.57 Å². The van der Waals surface area contributed by atoms with Crippen LogP contribution in [0.25, 0.3) is 5.57 Å². The molecular formula is C23H37NO5. The molecule has 2 rings (SSSR count). The second kappa shape index (κ2) is 11.7. The third kappa shape index (κ3) is 6.52. The summed E-state index contributed by atoms with van der Waals surface area (Å²) in [4.78, 5) is 2.28. The monoisotopic (exact) mass is 407 g/mol. The number of hydrogen-bond donors (Lipinski definition) is 3. The first-order valence-electron chi connectivity index (χ1n) is 10.7. The highest BCUT2D eigenvalue weighted by atomic mass is 16.7. The Bertz CT molecular complexity index is 663. The Morgan fingerprint density at radius 1 is 1.31 bits per heavy atom. The van der Waals surface area contributed by atoms with Crippen molar-refractivity contribution in [2.45, 2.75) is 71.1 Å². The standard InChI is InChI=1S/C23H37NO5/c1-5-7-10-17(12-13-24(4)6-2)22-16(3)9-8-11-19(22)28-21-14-18(26)23(27)20(15-25)29-21/h8-11,18,20-21,23,25-27H,5-7,12-15H2,1-4H3/b17-10-/t18-,20-,21?,23+/m1/s1. The maximum atomic E-state index is 10.1. The van der Waals surface area contributed by atoms with Crippen LogP contribution >= 0.6 is 0 Å². The summed E-state index contributed by atoms with van der Waals surface area (Å²) in [5.74, 6) is 0.705. The first kappa shape index (κ1) is 23.8. The zero-order valence-electron chi connectivity index (χ0n) is 18.2. The van der Waals surface area contributed by atoms with Crippen LogP contribution in [0.3, 0.4) is 0 Å². The number of unbranched alkanes of at least 4 members (excludes halogenated alkanes) is 1. The Hall–Kier alpha value is -1.44. The number of benzene rings is 1. The maximum absolute atomic E-state index is 10.1. The summed E-state index contributed by atoms with van der Waals surface area (Å²) in [5, 5.41) is 29.5. The molecule has 0 bridgehead atoms. The molecule has 4 atom stereocenters. The van der Waals surface area contributed by atoms with Gasteiger partial charge in [0.25, 0.3) is 0 Å². The van der Waals surface area contributed by atoms with E-state index in [4.69, 9.17) is 9.47 Å². The molecule has 0 aliphatic carbocycles. The predicted molar refractivity (Wildman–Crippen MR) is 115 cm³/mol. The molecule has 1 fully saturated rings. The molecule has 164 valence electrons. The van der Waals surface area contributed by atoms with Gasteiger partial charge in [-0.3, -0.25) is 0 Å². The Morgan fingerprint density at radius 2 is 2.07 bits per heavy atom. The van der Waals surface area contributed by atoms with E-state index < -0.39 is 24.6 Å². The van der Waals surface area contributed by atoms with E-state index in [1.807, 2.05) is 12.1 Å². The Balaban J connectivity index is 2.28. The summed E-state index contributed by atoms with van der Waals surface area (Å²) in [6.45, 7) is 7.97. The first-order valence-corrected chi connectivity index (χ1v) is 10.7. The molecule has 29 heavy (non-hydrogen) atoms. The summed E-state index contributed by atoms with van der Waals surface area (Å²) in [6, 6.07) is 5.93. The fourth-order valence-electron chi connectivity index (χ4n) is 3.55. The van der Waals surface area contributed by atoms with Gasteiger partial charge in [0.15, 0.2) is 0 Å². The lowest BCUT2D eigenvalue weighted by Gasteiger charge is -2.36. The average Bonchev–Trinajstić information content (AvgIpc) is 2.71. The van der Waals surface area contributed by atoms with Gasteiger partial charge in [0.2, 0.25) is 6.29 Å². The number of aryl methyl sites for hydroxylation is 1. The molecule has 1 aliphatic heterocycles. The van der Waals surface area contributed by atoms with Gasteiger partial charge in [-0.15, -0.1) is 0 Å². The largest absolute Gasteiger partial charge is 0.464 e. The molecule has 1 aromatic carbocycles. The first-order chi connectivity index (χ1) is 13.9. The van der Waals surface area contributed by atoms with Gasteiger partial charge >= 0.3 is 0 Å². The minimum atomic E-state index is -1.11. The predicted octanol–water partition coefficient (Wildman–Crippen LogP) is 2.73. The lowest BCUT2D eigenvalue weighted by atomic mass is 9.95. The van der Waals surface area contributed by atoms with Crippen LogP contribution in [-0.4, -0.2) is 71.6 Å². The van der Waals surface area contributed by atoms with Crippen molar-refractivity contribution in [2.75, 3.05) is 26.7 Å². The average molecular weight is 408 g/mol. The number of nitrogens with zero attached hydrogens (tertiary/aromatic N) is 1.